The van der Waals surface area contributed by atoms with Crippen molar-refractivity contribution in [3.63, 3.8) is 0 Å². The maximum absolute atomic E-state index is 13.5. The van der Waals surface area contributed by atoms with Crippen molar-refractivity contribution in [1.82, 2.24) is 19.4 Å². The number of carbonyl (C=O) groups excluding carboxylic acids is 1. The van der Waals surface area contributed by atoms with E-state index < -0.39 is 0 Å². The number of aromatic nitrogens is 3. The van der Waals surface area contributed by atoms with Gasteiger partial charge in [0.05, 0.1) is 12.0 Å². The van der Waals surface area contributed by atoms with Crippen LogP contribution in [0.5, 0.6) is 0 Å². The number of amides is 1. The van der Waals surface area contributed by atoms with Crippen LogP contribution in [0.3, 0.4) is 0 Å². The molecule has 1 aliphatic heterocycles. The molecule has 5 nitrogen and oxygen atoms in total. The molecule has 0 aliphatic carbocycles. The minimum absolute atomic E-state index is 0.0846. The smallest absolute Gasteiger partial charge is 0.254 e. The van der Waals surface area contributed by atoms with Crippen molar-refractivity contribution in [1.29, 1.82) is 0 Å². The quantitative estimate of drug-likeness (QED) is 0.389. The lowest BCUT2D eigenvalue weighted by Crippen LogP contribution is -2.39. The molecule has 2 aromatic carbocycles. The van der Waals surface area contributed by atoms with Gasteiger partial charge >= 0.3 is 0 Å². The van der Waals surface area contributed by atoms with Crippen molar-refractivity contribution in [2.24, 2.45) is 0 Å². The molecule has 1 atom stereocenters. The topological polar surface area (TPSA) is 51.0 Å². The zero-order valence-electron chi connectivity index (χ0n) is 18.3. The van der Waals surface area contributed by atoms with Crippen LogP contribution in [0.4, 0.5) is 0 Å². The molecule has 2 aromatic heterocycles. The van der Waals surface area contributed by atoms with E-state index in [-0.39, 0.29) is 11.8 Å². The van der Waals surface area contributed by atoms with Gasteiger partial charge < -0.3 is 9.47 Å². The van der Waals surface area contributed by atoms with E-state index in [1.165, 1.54) is 0 Å². The molecule has 0 saturated carbocycles. The van der Waals surface area contributed by atoms with E-state index in [2.05, 4.69) is 11.1 Å². The van der Waals surface area contributed by atoms with Gasteiger partial charge in [0.2, 0.25) is 0 Å². The highest BCUT2D eigenvalue weighted by molar-refractivity contribution is 6.30. The molecule has 0 spiro atoms. The Morgan fingerprint density at radius 3 is 2.79 bits per heavy atom. The Hall–Kier alpha value is -3.44. The van der Waals surface area contributed by atoms with Crippen molar-refractivity contribution in [2.45, 2.75) is 25.3 Å². The summed E-state index contributed by atoms with van der Waals surface area (Å²) in [4.78, 5) is 24.5. The zero-order chi connectivity index (χ0) is 22.6. The van der Waals surface area contributed by atoms with Gasteiger partial charge in [-0.25, -0.2) is 4.98 Å². The summed E-state index contributed by atoms with van der Waals surface area (Å²) in [6, 6.07) is 21.7. The van der Waals surface area contributed by atoms with Crippen LogP contribution in [0.25, 0.3) is 11.3 Å². The molecule has 4 aromatic rings. The van der Waals surface area contributed by atoms with Crippen molar-refractivity contribution in [2.75, 3.05) is 13.1 Å². The molecule has 6 heteroatoms. The van der Waals surface area contributed by atoms with Crippen molar-refractivity contribution in [3.05, 3.63) is 107 Å². The molecule has 0 unspecified atom stereocenters. The molecular weight excluding hydrogens is 432 g/mol. The summed E-state index contributed by atoms with van der Waals surface area (Å²) in [6.07, 6.45) is 7.42. The maximum Gasteiger partial charge on any atom is 0.254 e. The lowest BCUT2D eigenvalue weighted by Gasteiger charge is -2.33. The van der Waals surface area contributed by atoms with Crippen LogP contribution in [0, 0.1) is 0 Å². The lowest BCUT2D eigenvalue weighted by atomic mass is 9.93. The average molecular weight is 457 g/mol. The highest BCUT2D eigenvalue weighted by atomic mass is 35.5. The molecule has 1 aliphatic rings. The predicted octanol–water partition coefficient (Wildman–Crippen LogP) is 5.67. The summed E-state index contributed by atoms with van der Waals surface area (Å²) >= 11 is 6.18. The Labute approximate surface area is 198 Å². The van der Waals surface area contributed by atoms with E-state index in [9.17, 15) is 4.79 Å². The predicted molar refractivity (Wildman–Crippen MR) is 130 cm³/mol. The van der Waals surface area contributed by atoms with E-state index in [0.29, 0.717) is 18.1 Å². The maximum atomic E-state index is 13.5. The Morgan fingerprint density at radius 1 is 1.06 bits per heavy atom. The average Bonchev–Trinajstić information content (AvgIpc) is 3.37. The number of likely N-dealkylation sites (tertiary alicyclic amines) is 1. The molecule has 1 saturated heterocycles. The molecule has 0 N–H and O–H groups in total. The Morgan fingerprint density at radius 2 is 1.94 bits per heavy atom. The van der Waals surface area contributed by atoms with Gasteiger partial charge in [-0.15, -0.1) is 0 Å². The largest absolute Gasteiger partial charge is 0.338 e. The third-order valence-corrected chi connectivity index (χ3v) is 6.41. The van der Waals surface area contributed by atoms with Gasteiger partial charge in [0, 0.05) is 59.8 Å². The number of nitrogens with zero attached hydrogens (tertiary/aromatic N) is 4. The molecule has 33 heavy (non-hydrogen) atoms. The van der Waals surface area contributed by atoms with E-state index in [1.807, 2.05) is 76.3 Å². The number of rotatable bonds is 5. The van der Waals surface area contributed by atoms with Crippen LogP contribution in [0.1, 0.15) is 40.4 Å². The highest BCUT2D eigenvalue weighted by Crippen LogP contribution is 2.29. The van der Waals surface area contributed by atoms with Crippen LogP contribution in [0.15, 0.2) is 85.5 Å². The molecule has 3 heterocycles. The Bertz CT molecular complexity index is 1250. The third-order valence-electron chi connectivity index (χ3n) is 6.18. The van der Waals surface area contributed by atoms with Crippen LogP contribution >= 0.6 is 11.6 Å². The number of benzene rings is 2. The first-order valence-electron chi connectivity index (χ1n) is 11.2. The molecule has 1 fully saturated rings. The van der Waals surface area contributed by atoms with E-state index >= 15 is 0 Å². The van der Waals surface area contributed by atoms with Gasteiger partial charge in [-0.1, -0.05) is 48.0 Å². The van der Waals surface area contributed by atoms with Gasteiger partial charge in [-0.2, -0.15) is 0 Å². The van der Waals surface area contributed by atoms with Gasteiger partial charge in [0.15, 0.2) is 0 Å². The van der Waals surface area contributed by atoms with E-state index in [4.69, 9.17) is 16.6 Å². The van der Waals surface area contributed by atoms with E-state index in [1.54, 1.807) is 12.5 Å². The van der Waals surface area contributed by atoms with Gasteiger partial charge in [0.25, 0.3) is 5.91 Å². The van der Waals surface area contributed by atoms with Crippen LogP contribution in [-0.2, 0) is 6.54 Å². The number of hydrogen-bond acceptors (Lipinski definition) is 3. The second kappa shape index (κ2) is 9.59. The van der Waals surface area contributed by atoms with Gasteiger partial charge in [-0.3, -0.25) is 9.78 Å². The second-order valence-electron chi connectivity index (χ2n) is 8.44. The molecule has 0 bridgehead atoms. The number of hydrogen-bond donors (Lipinski definition) is 0. The minimum Gasteiger partial charge on any atom is -0.338 e. The zero-order valence-corrected chi connectivity index (χ0v) is 19.0. The number of piperidine rings is 1. The molecule has 5 rings (SSSR count). The number of imidazole rings is 1. The van der Waals surface area contributed by atoms with Crippen LogP contribution < -0.4 is 0 Å². The highest BCUT2D eigenvalue weighted by Gasteiger charge is 2.27. The summed E-state index contributed by atoms with van der Waals surface area (Å²) in [6.45, 7) is 2.06. The lowest BCUT2D eigenvalue weighted by molar-refractivity contribution is 0.0704. The van der Waals surface area contributed by atoms with Crippen molar-refractivity contribution in [3.8, 4) is 11.3 Å². The Kier molecular flexibility index (Phi) is 6.22. The molecule has 1 amide bonds. The minimum atomic E-state index is 0.0846. The summed E-state index contributed by atoms with van der Waals surface area (Å²) in [5.74, 6) is 0.295. The van der Waals surface area contributed by atoms with Crippen molar-refractivity contribution >= 4 is 17.5 Å². The molecular formula is C27H25ClN4O. The first kappa shape index (κ1) is 21.4. The summed E-state index contributed by atoms with van der Waals surface area (Å²) < 4.78 is 1.98. The summed E-state index contributed by atoms with van der Waals surface area (Å²) in [7, 11) is 0. The van der Waals surface area contributed by atoms with Gasteiger partial charge in [-0.05, 0) is 48.7 Å². The van der Waals surface area contributed by atoms with Crippen molar-refractivity contribution < 1.29 is 4.79 Å². The van der Waals surface area contributed by atoms with Crippen LogP contribution in [0.2, 0.25) is 5.02 Å². The van der Waals surface area contributed by atoms with Crippen LogP contribution in [-0.4, -0.2) is 38.4 Å². The first-order chi connectivity index (χ1) is 16.2. The Balaban J connectivity index is 1.36. The fraction of sp³-hybridized carbons (Fsp3) is 0.222. The van der Waals surface area contributed by atoms with Gasteiger partial charge in [0.1, 0.15) is 0 Å². The molecule has 166 valence electrons. The molecule has 0 radical (unpaired) electrons. The standard InChI is InChI=1S/C27H25ClN4O/c28-23-9-3-7-20(16-23)25-11-4-12-26(30-25)22-8-5-14-32(18-22)27(33)24-10-2-1-6-21(24)17-31-15-13-29-19-31/h1-4,6-7,9-13,15-16,19,22H,5,8,14,17-18H2/t22-/m1/s1. The fourth-order valence-corrected chi connectivity index (χ4v) is 4.69. The first-order valence-corrected chi connectivity index (χ1v) is 11.6. The SMILES string of the molecule is O=C(c1ccccc1Cn1ccnc1)N1CCC[C@@H](c2cccc(-c3cccc(Cl)c3)n2)C1. The number of pyridine rings is 1. The fourth-order valence-electron chi connectivity index (χ4n) is 4.50. The summed E-state index contributed by atoms with van der Waals surface area (Å²) in [5, 5.41) is 0.698. The normalized spacial score (nSPS) is 16.0. The van der Waals surface area contributed by atoms with E-state index in [0.717, 1.165) is 47.5 Å². The third kappa shape index (κ3) is 4.83. The summed E-state index contributed by atoms with van der Waals surface area (Å²) in [5.41, 5.74) is 4.69. The second-order valence-corrected chi connectivity index (χ2v) is 8.88. The number of halogens is 1. The monoisotopic (exact) mass is 456 g/mol. The number of carbonyl (C=O) groups is 1.